The van der Waals surface area contributed by atoms with E-state index in [0.717, 1.165) is 40.6 Å². The van der Waals surface area contributed by atoms with Gasteiger partial charge >= 0.3 is 0 Å². The lowest BCUT2D eigenvalue weighted by atomic mass is 9.85. The van der Waals surface area contributed by atoms with Gasteiger partial charge in [-0.25, -0.2) is 0 Å². The number of allylic oxidation sites excluding steroid dienone is 1. The normalized spacial score (nSPS) is 22.0. The Morgan fingerprint density at radius 1 is 1.19 bits per heavy atom. The van der Waals surface area contributed by atoms with Gasteiger partial charge in [-0.15, -0.1) is 0 Å². The van der Waals surface area contributed by atoms with Gasteiger partial charge in [-0.2, -0.15) is 0 Å². The molecule has 1 atom stereocenters. The Hall–Kier alpha value is -2.14. The Balaban J connectivity index is 1.89. The van der Waals surface area contributed by atoms with Gasteiger partial charge in [-0.05, 0) is 31.1 Å². The molecule has 1 aromatic carbocycles. The van der Waals surface area contributed by atoms with Gasteiger partial charge in [0, 0.05) is 40.4 Å². The molecule has 1 unspecified atom stereocenters. The molecular formula is C16H15N3OS. The van der Waals surface area contributed by atoms with Crippen molar-refractivity contribution in [2.24, 2.45) is 0 Å². The van der Waals surface area contributed by atoms with Gasteiger partial charge in [0.25, 0.3) is 0 Å². The van der Waals surface area contributed by atoms with Crippen LogP contribution in [0, 0.1) is 0 Å². The number of carbonyl (C=O) groups excluding carboxylic acids is 1. The number of aromatic nitrogens is 1. The largest absolute Gasteiger partial charge is 0.361 e. The van der Waals surface area contributed by atoms with Crippen LogP contribution in [0.25, 0.3) is 10.9 Å². The van der Waals surface area contributed by atoms with Crippen molar-refractivity contribution in [2.75, 3.05) is 0 Å². The van der Waals surface area contributed by atoms with E-state index in [1.807, 2.05) is 24.4 Å². The van der Waals surface area contributed by atoms with Crippen LogP contribution in [0.4, 0.5) is 0 Å². The zero-order valence-corrected chi connectivity index (χ0v) is 12.2. The number of hydrogen-bond donors (Lipinski definition) is 3. The number of fused-ring (bicyclic) bond motifs is 1. The third kappa shape index (κ3) is 1.96. The van der Waals surface area contributed by atoms with Crippen molar-refractivity contribution in [3.63, 3.8) is 0 Å². The predicted octanol–water partition coefficient (Wildman–Crippen LogP) is 2.69. The zero-order valence-electron chi connectivity index (χ0n) is 11.4. The molecule has 0 spiro atoms. The molecule has 1 aliphatic carbocycles. The van der Waals surface area contributed by atoms with E-state index in [9.17, 15) is 4.79 Å². The molecule has 2 aliphatic rings. The number of benzene rings is 1. The summed E-state index contributed by atoms with van der Waals surface area (Å²) in [7, 11) is 0. The summed E-state index contributed by atoms with van der Waals surface area (Å²) in [5.74, 6) is 0.217. The van der Waals surface area contributed by atoms with Crippen LogP contribution in [-0.4, -0.2) is 15.9 Å². The molecule has 0 amide bonds. The van der Waals surface area contributed by atoms with Gasteiger partial charge in [0.2, 0.25) is 0 Å². The van der Waals surface area contributed by atoms with E-state index in [-0.39, 0.29) is 11.8 Å². The number of aromatic amines is 1. The lowest BCUT2D eigenvalue weighted by Gasteiger charge is -2.33. The van der Waals surface area contributed by atoms with Gasteiger partial charge in [-0.1, -0.05) is 18.2 Å². The molecule has 0 radical (unpaired) electrons. The monoisotopic (exact) mass is 297 g/mol. The number of para-hydroxylation sites is 1. The highest BCUT2D eigenvalue weighted by molar-refractivity contribution is 7.80. The molecule has 3 N–H and O–H groups in total. The highest BCUT2D eigenvalue weighted by atomic mass is 32.1. The molecule has 2 heterocycles. The summed E-state index contributed by atoms with van der Waals surface area (Å²) < 4.78 is 0. The maximum Gasteiger partial charge on any atom is 0.171 e. The molecule has 2 aromatic rings. The zero-order chi connectivity index (χ0) is 14.4. The van der Waals surface area contributed by atoms with E-state index in [4.69, 9.17) is 12.2 Å². The van der Waals surface area contributed by atoms with E-state index < -0.39 is 0 Å². The Morgan fingerprint density at radius 2 is 2.05 bits per heavy atom. The van der Waals surface area contributed by atoms with Crippen LogP contribution in [0.1, 0.15) is 30.9 Å². The summed E-state index contributed by atoms with van der Waals surface area (Å²) >= 11 is 5.31. The SMILES string of the molecule is O=C1CCCC2=C1C(c1c[nH]c3ccccc13)NC(=S)N2. The van der Waals surface area contributed by atoms with E-state index in [0.29, 0.717) is 11.5 Å². The van der Waals surface area contributed by atoms with Gasteiger partial charge in [0.1, 0.15) is 0 Å². The van der Waals surface area contributed by atoms with Gasteiger partial charge < -0.3 is 15.6 Å². The Bertz CT molecular complexity index is 790. The third-order valence-electron chi connectivity index (χ3n) is 4.22. The maximum absolute atomic E-state index is 12.4. The number of H-pyrrole nitrogens is 1. The molecule has 4 rings (SSSR count). The second-order valence-corrected chi connectivity index (χ2v) is 5.90. The van der Waals surface area contributed by atoms with Crippen LogP contribution in [-0.2, 0) is 4.79 Å². The van der Waals surface area contributed by atoms with Crippen LogP contribution >= 0.6 is 12.2 Å². The first-order valence-electron chi connectivity index (χ1n) is 7.14. The van der Waals surface area contributed by atoms with Crippen molar-refractivity contribution >= 4 is 34.0 Å². The number of hydrogen-bond acceptors (Lipinski definition) is 2. The molecule has 4 nitrogen and oxygen atoms in total. The highest BCUT2D eigenvalue weighted by Gasteiger charge is 2.34. The van der Waals surface area contributed by atoms with Crippen molar-refractivity contribution < 1.29 is 4.79 Å². The third-order valence-corrected chi connectivity index (χ3v) is 4.44. The molecule has 0 saturated carbocycles. The molecule has 1 aliphatic heterocycles. The van der Waals surface area contributed by atoms with Gasteiger partial charge in [0.05, 0.1) is 6.04 Å². The van der Waals surface area contributed by atoms with Crippen molar-refractivity contribution in [1.82, 2.24) is 15.6 Å². The number of Topliss-reactive ketones (excluding diaryl/α,β-unsaturated/α-hetero) is 1. The van der Waals surface area contributed by atoms with E-state index in [2.05, 4.69) is 21.7 Å². The molecule has 0 saturated heterocycles. The first-order valence-corrected chi connectivity index (χ1v) is 7.54. The lowest BCUT2D eigenvalue weighted by Crippen LogP contribution is -2.46. The number of carbonyl (C=O) groups is 1. The molecule has 0 fully saturated rings. The van der Waals surface area contributed by atoms with Crippen LogP contribution in [0.3, 0.4) is 0 Å². The van der Waals surface area contributed by atoms with Crippen LogP contribution < -0.4 is 10.6 Å². The summed E-state index contributed by atoms with van der Waals surface area (Å²) in [5, 5.41) is 8.15. The number of thiocarbonyl (C=S) groups is 1. The molecule has 0 bridgehead atoms. The molecule has 106 valence electrons. The average Bonchev–Trinajstić information content (AvgIpc) is 2.90. The quantitative estimate of drug-likeness (QED) is 0.708. The van der Waals surface area contributed by atoms with E-state index in [1.165, 1.54) is 0 Å². The lowest BCUT2D eigenvalue weighted by molar-refractivity contribution is -0.116. The average molecular weight is 297 g/mol. The van der Waals surface area contributed by atoms with Crippen molar-refractivity contribution in [2.45, 2.75) is 25.3 Å². The summed E-state index contributed by atoms with van der Waals surface area (Å²) in [6, 6.07) is 7.96. The summed E-state index contributed by atoms with van der Waals surface area (Å²) in [6.07, 6.45) is 4.38. The van der Waals surface area contributed by atoms with Crippen molar-refractivity contribution in [3.05, 3.63) is 47.3 Å². The first-order chi connectivity index (χ1) is 10.2. The van der Waals surface area contributed by atoms with Gasteiger partial charge in [-0.3, -0.25) is 4.79 Å². The predicted molar refractivity (Wildman–Crippen MR) is 85.8 cm³/mol. The topological polar surface area (TPSA) is 56.9 Å². The summed E-state index contributed by atoms with van der Waals surface area (Å²) in [6.45, 7) is 0. The Labute approximate surface area is 127 Å². The maximum atomic E-state index is 12.4. The van der Waals surface area contributed by atoms with E-state index in [1.54, 1.807) is 0 Å². The molecule has 21 heavy (non-hydrogen) atoms. The highest BCUT2D eigenvalue weighted by Crippen LogP contribution is 2.36. The van der Waals surface area contributed by atoms with Crippen molar-refractivity contribution in [3.8, 4) is 0 Å². The standard InChI is InChI=1S/C16H15N3OS/c20-13-7-3-6-12-14(13)15(19-16(21)18-12)10-8-17-11-5-2-1-4-9(10)11/h1-2,4-5,8,15,17H,3,6-7H2,(H2,18,19,21). The second-order valence-electron chi connectivity index (χ2n) is 5.49. The minimum atomic E-state index is -0.155. The van der Waals surface area contributed by atoms with Gasteiger partial charge in [0.15, 0.2) is 10.9 Å². The number of ketones is 1. The van der Waals surface area contributed by atoms with Crippen LogP contribution in [0.2, 0.25) is 0 Å². The van der Waals surface area contributed by atoms with Crippen LogP contribution in [0.15, 0.2) is 41.7 Å². The summed E-state index contributed by atoms with van der Waals surface area (Å²) in [5.41, 5.74) is 3.99. The Kier molecular flexibility index (Phi) is 2.82. The second kappa shape index (κ2) is 4.70. The molecule has 5 heteroatoms. The fourth-order valence-corrected chi connectivity index (χ4v) is 3.51. The minimum Gasteiger partial charge on any atom is -0.361 e. The Morgan fingerprint density at radius 3 is 2.95 bits per heavy atom. The first kappa shape index (κ1) is 12.6. The fourth-order valence-electron chi connectivity index (χ4n) is 3.27. The summed E-state index contributed by atoms with van der Waals surface area (Å²) in [4.78, 5) is 15.7. The molecule has 1 aromatic heterocycles. The molecular weight excluding hydrogens is 282 g/mol. The minimum absolute atomic E-state index is 0.155. The van der Waals surface area contributed by atoms with E-state index >= 15 is 0 Å². The smallest absolute Gasteiger partial charge is 0.171 e. The number of nitrogens with one attached hydrogen (secondary N) is 3. The fraction of sp³-hybridized carbons (Fsp3) is 0.250. The van der Waals surface area contributed by atoms with Crippen LogP contribution in [0.5, 0.6) is 0 Å². The number of rotatable bonds is 1. The van der Waals surface area contributed by atoms with Crippen molar-refractivity contribution in [1.29, 1.82) is 0 Å².